The topological polar surface area (TPSA) is 71.1 Å². The van der Waals surface area contributed by atoms with Crippen molar-refractivity contribution >= 4 is 28.3 Å². The average molecular weight is 355 g/mol. The van der Waals surface area contributed by atoms with Crippen LogP contribution in [-0.4, -0.2) is 23.3 Å². The van der Waals surface area contributed by atoms with E-state index in [0.29, 0.717) is 17.2 Å². The number of rotatable bonds is 5. The first-order valence-corrected chi connectivity index (χ1v) is 9.16. The van der Waals surface area contributed by atoms with Crippen LogP contribution < -0.4 is 10.6 Å². The minimum atomic E-state index is -0.245. The highest BCUT2D eigenvalue weighted by molar-refractivity contribution is 7.15. The second kappa shape index (κ2) is 7.61. The normalized spacial score (nSPS) is 16.0. The minimum Gasteiger partial charge on any atom is -0.352 e. The summed E-state index contributed by atoms with van der Waals surface area (Å²) in [6, 6.07) is 7.40. The number of aromatic nitrogens is 1. The van der Waals surface area contributed by atoms with Gasteiger partial charge >= 0.3 is 0 Å². The quantitative estimate of drug-likeness (QED) is 0.807. The molecule has 2 aromatic rings. The zero-order valence-electron chi connectivity index (χ0n) is 14.2. The van der Waals surface area contributed by atoms with Crippen LogP contribution in [0.15, 0.2) is 36.9 Å². The van der Waals surface area contributed by atoms with Crippen molar-refractivity contribution in [3.63, 3.8) is 0 Å². The Balaban J connectivity index is 1.75. The van der Waals surface area contributed by atoms with Crippen LogP contribution in [0.5, 0.6) is 0 Å². The van der Waals surface area contributed by atoms with Crippen LogP contribution in [0, 0.1) is 6.92 Å². The summed E-state index contributed by atoms with van der Waals surface area (Å²) in [5, 5.41) is 6.26. The van der Waals surface area contributed by atoms with Gasteiger partial charge in [0, 0.05) is 17.0 Å². The van der Waals surface area contributed by atoms with Gasteiger partial charge in [0.1, 0.15) is 0 Å². The third-order valence-electron chi connectivity index (χ3n) is 4.23. The van der Waals surface area contributed by atoms with E-state index in [2.05, 4.69) is 22.2 Å². The van der Waals surface area contributed by atoms with Gasteiger partial charge < -0.3 is 5.32 Å². The van der Waals surface area contributed by atoms with E-state index in [-0.39, 0.29) is 17.7 Å². The molecule has 1 aliphatic carbocycles. The molecule has 0 spiro atoms. The second-order valence-corrected chi connectivity index (χ2v) is 7.21. The molecule has 3 rings (SSSR count). The summed E-state index contributed by atoms with van der Waals surface area (Å²) in [5.74, 6) is -0.453. The summed E-state index contributed by atoms with van der Waals surface area (Å²) in [6.45, 7) is 6.05. The van der Waals surface area contributed by atoms with Crippen molar-refractivity contribution in [2.45, 2.75) is 32.1 Å². The van der Waals surface area contributed by atoms with Crippen LogP contribution in [0.2, 0.25) is 0 Å². The maximum absolute atomic E-state index is 12.4. The Bertz CT molecular complexity index is 796. The van der Waals surface area contributed by atoms with E-state index in [4.69, 9.17) is 0 Å². The van der Waals surface area contributed by atoms with Gasteiger partial charge in [-0.2, -0.15) is 0 Å². The lowest BCUT2D eigenvalue weighted by atomic mass is 9.90. The molecule has 6 heteroatoms. The largest absolute Gasteiger partial charge is 0.352 e. The standard InChI is InChI=1S/C19H21N3O2S/c1-3-11-20-18(24)14-5-4-6-15-16(14)21-19(25-15)22-17(23)13-9-7-12(2)8-10-13/h3,7-10,14H,1,4-6,11H2,2H3,(H,20,24)(H,21,22,23). The number of nitrogens with one attached hydrogen (secondary N) is 2. The van der Waals surface area contributed by atoms with Crippen LogP contribution in [0.3, 0.4) is 0 Å². The molecular weight excluding hydrogens is 334 g/mol. The fraction of sp³-hybridized carbons (Fsp3) is 0.316. The van der Waals surface area contributed by atoms with E-state index in [9.17, 15) is 9.59 Å². The first kappa shape index (κ1) is 17.4. The van der Waals surface area contributed by atoms with E-state index in [1.807, 2.05) is 19.1 Å². The number of hydrogen-bond donors (Lipinski definition) is 2. The predicted molar refractivity (Wildman–Crippen MR) is 100 cm³/mol. The Morgan fingerprint density at radius 2 is 2.12 bits per heavy atom. The molecule has 0 bridgehead atoms. The smallest absolute Gasteiger partial charge is 0.257 e. The molecule has 5 nitrogen and oxygen atoms in total. The number of carbonyl (C=O) groups is 2. The van der Waals surface area contributed by atoms with Crippen LogP contribution in [0.4, 0.5) is 5.13 Å². The van der Waals surface area contributed by atoms with Crippen molar-refractivity contribution in [2.75, 3.05) is 11.9 Å². The minimum absolute atomic E-state index is 0.0254. The summed E-state index contributed by atoms with van der Waals surface area (Å²) in [4.78, 5) is 30.3. The third kappa shape index (κ3) is 3.96. The lowest BCUT2D eigenvalue weighted by molar-refractivity contribution is -0.122. The number of benzene rings is 1. The van der Waals surface area contributed by atoms with Gasteiger partial charge in [0.05, 0.1) is 11.6 Å². The monoisotopic (exact) mass is 355 g/mol. The Kier molecular flexibility index (Phi) is 5.28. The lowest BCUT2D eigenvalue weighted by Crippen LogP contribution is -2.31. The highest BCUT2D eigenvalue weighted by Gasteiger charge is 2.30. The molecule has 1 aliphatic rings. The van der Waals surface area contributed by atoms with Crippen molar-refractivity contribution in [2.24, 2.45) is 0 Å². The fourth-order valence-corrected chi connectivity index (χ4v) is 3.96. The Morgan fingerprint density at radius 1 is 1.36 bits per heavy atom. The van der Waals surface area contributed by atoms with Gasteiger partial charge in [-0.15, -0.1) is 17.9 Å². The number of anilines is 1. The van der Waals surface area contributed by atoms with E-state index in [0.717, 1.165) is 35.4 Å². The lowest BCUT2D eigenvalue weighted by Gasteiger charge is -2.19. The first-order chi connectivity index (χ1) is 12.1. The molecule has 1 aromatic carbocycles. The van der Waals surface area contributed by atoms with Crippen molar-refractivity contribution in [1.29, 1.82) is 0 Å². The summed E-state index contributed by atoms with van der Waals surface area (Å²) in [7, 11) is 0. The summed E-state index contributed by atoms with van der Waals surface area (Å²) < 4.78 is 0. The SMILES string of the molecule is C=CCNC(=O)C1CCCc2sc(NC(=O)c3ccc(C)cc3)nc21. The molecule has 0 saturated heterocycles. The number of hydrogen-bond acceptors (Lipinski definition) is 4. The summed E-state index contributed by atoms with van der Waals surface area (Å²) in [6.07, 6.45) is 4.30. The van der Waals surface area contributed by atoms with Crippen molar-refractivity contribution in [1.82, 2.24) is 10.3 Å². The highest BCUT2D eigenvalue weighted by Crippen LogP contribution is 2.36. The van der Waals surface area contributed by atoms with E-state index in [1.54, 1.807) is 18.2 Å². The molecule has 2 amide bonds. The number of fused-ring (bicyclic) bond motifs is 1. The van der Waals surface area contributed by atoms with Gasteiger partial charge in [-0.25, -0.2) is 4.98 Å². The van der Waals surface area contributed by atoms with Crippen LogP contribution in [0.25, 0.3) is 0 Å². The molecule has 25 heavy (non-hydrogen) atoms. The molecule has 0 radical (unpaired) electrons. The van der Waals surface area contributed by atoms with Gasteiger partial charge in [-0.1, -0.05) is 23.8 Å². The number of aryl methyl sites for hydroxylation is 2. The number of carbonyl (C=O) groups excluding carboxylic acids is 2. The Morgan fingerprint density at radius 3 is 2.84 bits per heavy atom. The molecule has 1 aromatic heterocycles. The molecule has 0 saturated carbocycles. The van der Waals surface area contributed by atoms with Crippen molar-refractivity contribution in [3.8, 4) is 0 Å². The maximum atomic E-state index is 12.4. The highest BCUT2D eigenvalue weighted by atomic mass is 32.1. The molecule has 0 fully saturated rings. The van der Waals surface area contributed by atoms with Gasteiger partial charge in [0.2, 0.25) is 5.91 Å². The average Bonchev–Trinajstić information content (AvgIpc) is 3.02. The molecule has 1 unspecified atom stereocenters. The summed E-state index contributed by atoms with van der Waals surface area (Å²) in [5.41, 5.74) is 2.51. The number of nitrogens with zero attached hydrogens (tertiary/aromatic N) is 1. The maximum Gasteiger partial charge on any atom is 0.257 e. The van der Waals surface area contributed by atoms with Gasteiger partial charge in [-0.3, -0.25) is 14.9 Å². The Hall–Kier alpha value is -2.47. The zero-order chi connectivity index (χ0) is 17.8. The van der Waals surface area contributed by atoms with Gasteiger partial charge in [0.25, 0.3) is 5.91 Å². The van der Waals surface area contributed by atoms with Crippen LogP contribution in [-0.2, 0) is 11.2 Å². The molecule has 130 valence electrons. The molecule has 0 aliphatic heterocycles. The molecule has 1 atom stereocenters. The zero-order valence-corrected chi connectivity index (χ0v) is 15.0. The fourth-order valence-electron chi connectivity index (χ4n) is 2.90. The first-order valence-electron chi connectivity index (χ1n) is 8.34. The molecular formula is C19H21N3O2S. The third-order valence-corrected chi connectivity index (χ3v) is 5.27. The molecule has 1 heterocycles. The van der Waals surface area contributed by atoms with E-state index >= 15 is 0 Å². The van der Waals surface area contributed by atoms with Crippen LogP contribution in [0.1, 0.15) is 45.3 Å². The van der Waals surface area contributed by atoms with E-state index in [1.165, 1.54) is 11.3 Å². The molecule has 2 N–H and O–H groups in total. The van der Waals surface area contributed by atoms with Gasteiger partial charge in [-0.05, 0) is 38.3 Å². The summed E-state index contributed by atoms with van der Waals surface area (Å²) >= 11 is 1.46. The predicted octanol–water partition coefficient (Wildman–Crippen LogP) is 3.43. The van der Waals surface area contributed by atoms with Crippen LogP contribution >= 0.6 is 11.3 Å². The number of thiazole rings is 1. The number of amides is 2. The second-order valence-electron chi connectivity index (χ2n) is 6.13. The van der Waals surface area contributed by atoms with Crippen molar-refractivity contribution < 1.29 is 9.59 Å². The van der Waals surface area contributed by atoms with Gasteiger partial charge in [0.15, 0.2) is 5.13 Å². The van der Waals surface area contributed by atoms with Crippen molar-refractivity contribution in [3.05, 3.63) is 58.6 Å². The Labute approximate surface area is 151 Å². The van der Waals surface area contributed by atoms with E-state index < -0.39 is 0 Å².